The standard InChI is InChI=1S/C17H14O3S/c18-17(19)11-21-10-13-6-1-3-7-14(13)16-9-12-5-2-4-8-15(12)20-16/h1-9H,10-11H2,(H,18,19). The number of aliphatic carboxylic acids is 1. The first-order valence-electron chi connectivity index (χ1n) is 6.60. The van der Waals surface area contributed by atoms with E-state index in [1.807, 2.05) is 54.6 Å². The third-order valence-electron chi connectivity index (χ3n) is 3.19. The van der Waals surface area contributed by atoms with Crippen LogP contribution < -0.4 is 0 Å². The van der Waals surface area contributed by atoms with Crippen LogP contribution in [0.3, 0.4) is 0 Å². The minimum Gasteiger partial charge on any atom is -0.481 e. The molecule has 0 saturated carbocycles. The highest BCUT2D eigenvalue weighted by molar-refractivity contribution is 7.99. The third kappa shape index (κ3) is 3.11. The smallest absolute Gasteiger partial charge is 0.313 e. The molecule has 1 heterocycles. The average molecular weight is 298 g/mol. The Hall–Kier alpha value is -2.20. The lowest BCUT2D eigenvalue weighted by Crippen LogP contribution is -1.98. The molecule has 0 atom stereocenters. The van der Waals surface area contributed by atoms with Gasteiger partial charge in [-0.05, 0) is 17.7 Å². The van der Waals surface area contributed by atoms with E-state index < -0.39 is 5.97 Å². The molecular weight excluding hydrogens is 284 g/mol. The number of rotatable bonds is 5. The second kappa shape index (κ2) is 6.06. The van der Waals surface area contributed by atoms with Crippen LogP contribution in [0, 0.1) is 0 Å². The van der Waals surface area contributed by atoms with E-state index in [0.29, 0.717) is 5.75 Å². The van der Waals surface area contributed by atoms with Crippen LogP contribution in [0.1, 0.15) is 5.56 Å². The predicted molar refractivity (Wildman–Crippen MR) is 85.4 cm³/mol. The molecule has 0 amide bonds. The predicted octanol–water partition coefficient (Wildman–Crippen LogP) is 4.42. The van der Waals surface area contributed by atoms with E-state index in [2.05, 4.69) is 0 Å². The highest BCUT2D eigenvalue weighted by Gasteiger charge is 2.10. The Bertz CT molecular complexity index is 743. The Labute approximate surface area is 126 Å². The molecule has 0 saturated heterocycles. The van der Waals surface area contributed by atoms with E-state index in [-0.39, 0.29) is 5.75 Å². The Kier molecular flexibility index (Phi) is 3.97. The van der Waals surface area contributed by atoms with Gasteiger partial charge in [0, 0.05) is 16.7 Å². The number of carboxylic acids is 1. The summed E-state index contributed by atoms with van der Waals surface area (Å²) < 4.78 is 5.90. The number of thioether (sulfide) groups is 1. The van der Waals surface area contributed by atoms with Gasteiger partial charge in [-0.15, -0.1) is 11.8 Å². The van der Waals surface area contributed by atoms with Gasteiger partial charge in [0.2, 0.25) is 0 Å². The first kappa shape index (κ1) is 13.8. The van der Waals surface area contributed by atoms with Gasteiger partial charge in [-0.3, -0.25) is 4.79 Å². The second-order valence-corrected chi connectivity index (χ2v) is 5.68. The molecular formula is C17H14O3S. The van der Waals surface area contributed by atoms with Crippen LogP contribution in [0.25, 0.3) is 22.3 Å². The molecule has 3 rings (SSSR count). The lowest BCUT2D eigenvalue weighted by molar-refractivity contribution is -0.133. The first-order chi connectivity index (χ1) is 10.2. The van der Waals surface area contributed by atoms with Gasteiger partial charge in [0.25, 0.3) is 0 Å². The fourth-order valence-corrected chi connectivity index (χ4v) is 3.00. The van der Waals surface area contributed by atoms with Crippen molar-refractivity contribution in [1.29, 1.82) is 0 Å². The Morgan fingerprint density at radius 3 is 2.67 bits per heavy atom. The summed E-state index contributed by atoms with van der Waals surface area (Å²) in [7, 11) is 0. The third-order valence-corrected chi connectivity index (χ3v) is 4.16. The maximum absolute atomic E-state index is 10.6. The van der Waals surface area contributed by atoms with Crippen molar-refractivity contribution in [3.05, 3.63) is 60.2 Å². The quantitative estimate of drug-likeness (QED) is 0.757. The number of fused-ring (bicyclic) bond motifs is 1. The molecule has 0 aliphatic heterocycles. The van der Waals surface area contributed by atoms with Gasteiger partial charge in [-0.1, -0.05) is 42.5 Å². The van der Waals surface area contributed by atoms with E-state index in [4.69, 9.17) is 9.52 Å². The van der Waals surface area contributed by atoms with Gasteiger partial charge in [-0.2, -0.15) is 0 Å². The van der Waals surface area contributed by atoms with Gasteiger partial charge in [0.05, 0.1) is 5.75 Å². The molecule has 106 valence electrons. The Morgan fingerprint density at radius 1 is 1.10 bits per heavy atom. The van der Waals surface area contributed by atoms with Crippen molar-refractivity contribution >= 4 is 28.7 Å². The summed E-state index contributed by atoms with van der Waals surface area (Å²) in [5.41, 5.74) is 2.97. The Balaban J connectivity index is 1.92. The zero-order valence-corrected chi connectivity index (χ0v) is 12.1. The SMILES string of the molecule is O=C(O)CSCc1ccccc1-c1cc2ccccc2o1. The normalized spacial score (nSPS) is 10.9. The summed E-state index contributed by atoms with van der Waals surface area (Å²) in [6.07, 6.45) is 0. The highest BCUT2D eigenvalue weighted by atomic mass is 32.2. The van der Waals surface area contributed by atoms with E-state index in [0.717, 1.165) is 27.9 Å². The van der Waals surface area contributed by atoms with E-state index in [1.54, 1.807) is 0 Å². The molecule has 3 aromatic rings. The first-order valence-corrected chi connectivity index (χ1v) is 7.76. The summed E-state index contributed by atoms with van der Waals surface area (Å²) in [6.45, 7) is 0. The van der Waals surface area contributed by atoms with Gasteiger partial charge < -0.3 is 9.52 Å². The molecule has 0 fully saturated rings. The lowest BCUT2D eigenvalue weighted by atomic mass is 10.1. The summed E-state index contributed by atoms with van der Waals surface area (Å²) >= 11 is 1.39. The van der Waals surface area contributed by atoms with Crippen LogP contribution in [0.4, 0.5) is 0 Å². The van der Waals surface area contributed by atoms with Crippen molar-refractivity contribution in [1.82, 2.24) is 0 Å². The summed E-state index contributed by atoms with van der Waals surface area (Å²) in [5.74, 6) is 0.789. The van der Waals surface area contributed by atoms with Gasteiger partial charge >= 0.3 is 5.97 Å². The van der Waals surface area contributed by atoms with Crippen molar-refractivity contribution in [3.63, 3.8) is 0 Å². The number of carbonyl (C=O) groups is 1. The minimum atomic E-state index is -0.791. The van der Waals surface area contributed by atoms with Crippen LogP contribution in [0.15, 0.2) is 59.0 Å². The molecule has 0 aliphatic carbocycles. The maximum Gasteiger partial charge on any atom is 0.313 e. The van der Waals surface area contributed by atoms with E-state index >= 15 is 0 Å². The molecule has 0 spiro atoms. The van der Waals surface area contributed by atoms with Gasteiger partial charge in [-0.25, -0.2) is 0 Å². The Morgan fingerprint density at radius 2 is 1.86 bits per heavy atom. The van der Waals surface area contributed by atoms with E-state index in [9.17, 15) is 4.79 Å². The van der Waals surface area contributed by atoms with Gasteiger partial charge in [0.15, 0.2) is 0 Å². The number of furan rings is 1. The zero-order chi connectivity index (χ0) is 14.7. The monoisotopic (exact) mass is 298 g/mol. The molecule has 0 aliphatic rings. The minimum absolute atomic E-state index is 0.106. The number of para-hydroxylation sites is 1. The fraction of sp³-hybridized carbons (Fsp3) is 0.118. The molecule has 2 aromatic carbocycles. The summed E-state index contributed by atoms with van der Waals surface area (Å²) in [4.78, 5) is 10.6. The molecule has 3 nitrogen and oxygen atoms in total. The molecule has 21 heavy (non-hydrogen) atoms. The molecule has 1 N–H and O–H groups in total. The lowest BCUT2D eigenvalue weighted by Gasteiger charge is -2.06. The fourth-order valence-electron chi connectivity index (χ4n) is 2.25. The van der Waals surface area contributed by atoms with Crippen LogP contribution in [-0.4, -0.2) is 16.8 Å². The zero-order valence-electron chi connectivity index (χ0n) is 11.3. The number of carboxylic acid groups (broad SMARTS) is 1. The molecule has 0 radical (unpaired) electrons. The molecule has 0 unspecified atom stereocenters. The maximum atomic E-state index is 10.6. The van der Waals surface area contributed by atoms with Crippen LogP contribution >= 0.6 is 11.8 Å². The van der Waals surface area contributed by atoms with Crippen LogP contribution in [-0.2, 0) is 10.5 Å². The average Bonchev–Trinajstić information content (AvgIpc) is 2.91. The van der Waals surface area contributed by atoms with Crippen LogP contribution in [0.2, 0.25) is 0 Å². The van der Waals surface area contributed by atoms with Crippen molar-refractivity contribution in [2.75, 3.05) is 5.75 Å². The van der Waals surface area contributed by atoms with Crippen LogP contribution in [0.5, 0.6) is 0 Å². The molecule has 0 bridgehead atoms. The van der Waals surface area contributed by atoms with E-state index in [1.165, 1.54) is 11.8 Å². The summed E-state index contributed by atoms with van der Waals surface area (Å²) in [6, 6.07) is 17.9. The number of hydrogen-bond acceptors (Lipinski definition) is 3. The number of hydrogen-bond donors (Lipinski definition) is 1. The van der Waals surface area contributed by atoms with Crippen molar-refractivity contribution < 1.29 is 14.3 Å². The topological polar surface area (TPSA) is 50.4 Å². The molecule has 4 heteroatoms. The number of benzene rings is 2. The van der Waals surface area contributed by atoms with Crippen molar-refractivity contribution in [2.45, 2.75) is 5.75 Å². The van der Waals surface area contributed by atoms with Crippen molar-refractivity contribution in [3.8, 4) is 11.3 Å². The second-order valence-electron chi connectivity index (χ2n) is 4.69. The van der Waals surface area contributed by atoms with Crippen molar-refractivity contribution in [2.24, 2.45) is 0 Å². The summed E-state index contributed by atoms with van der Waals surface area (Å²) in [5, 5.41) is 9.80. The largest absolute Gasteiger partial charge is 0.481 e. The molecule has 1 aromatic heterocycles. The van der Waals surface area contributed by atoms with Gasteiger partial charge in [0.1, 0.15) is 11.3 Å². The highest BCUT2D eigenvalue weighted by Crippen LogP contribution is 2.31.